The van der Waals surface area contributed by atoms with Gasteiger partial charge in [-0.15, -0.1) is 0 Å². The summed E-state index contributed by atoms with van der Waals surface area (Å²) < 4.78 is 10.6. The molecule has 1 rings (SSSR count). The standard InChI is InChI=1S/C6H10N2O3/c7-6(10)11-5(9)4-2-1-3-8-4/h4,8H,1-3H2,(H2,7,10)/i/hD. The smallest absolute Gasteiger partial charge is 0.375 e. The van der Waals surface area contributed by atoms with Gasteiger partial charge >= 0.3 is 12.1 Å². The van der Waals surface area contributed by atoms with E-state index in [-0.39, 0.29) is 6.04 Å². The Balaban J connectivity index is 2.32. The second-order valence-electron chi connectivity index (χ2n) is 2.36. The van der Waals surface area contributed by atoms with Gasteiger partial charge in [-0.2, -0.15) is 0 Å². The SMILES string of the molecule is [2H]NC(=O)OC(=O)C1CCCN1. The molecule has 1 heterocycles. The van der Waals surface area contributed by atoms with Crippen molar-refractivity contribution in [1.29, 1.82) is 0 Å². The average molecular weight is 159 g/mol. The largest absolute Gasteiger partial charge is 0.412 e. The molecule has 1 unspecified atom stereocenters. The minimum atomic E-state index is -1.03. The van der Waals surface area contributed by atoms with Crippen LogP contribution in [0.3, 0.4) is 0 Å². The maximum absolute atomic E-state index is 11.0. The molecule has 0 aromatic carbocycles. The van der Waals surface area contributed by atoms with Crippen molar-refractivity contribution in [3.8, 4) is 0 Å². The maximum atomic E-state index is 11.0. The minimum absolute atomic E-state index is 0.387. The lowest BCUT2D eigenvalue weighted by molar-refractivity contribution is -0.139. The Labute approximate surface area is 65.3 Å². The van der Waals surface area contributed by atoms with Crippen molar-refractivity contribution in [2.75, 3.05) is 6.54 Å². The number of hydrogen-bond acceptors (Lipinski definition) is 4. The van der Waals surface area contributed by atoms with E-state index in [1.807, 2.05) is 0 Å². The third-order valence-corrected chi connectivity index (χ3v) is 1.54. The van der Waals surface area contributed by atoms with Crippen LogP contribution in [0, 0.1) is 0 Å². The van der Waals surface area contributed by atoms with E-state index in [4.69, 9.17) is 1.41 Å². The molecule has 3 N–H and O–H groups in total. The number of nitrogens with two attached hydrogens (primary N) is 1. The number of amides is 1. The summed E-state index contributed by atoms with van der Waals surface area (Å²) in [5.74, 6) is -0.614. The number of primary amides is 1. The van der Waals surface area contributed by atoms with Gasteiger partial charge in [-0.1, -0.05) is 0 Å². The first kappa shape index (κ1) is 6.60. The predicted octanol–water partition coefficient (Wildman–Crippen LogP) is -0.640. The highest BCUT2D eigenvalue weighted by molar-refractivity contribution is 5.87. The van der Waals surface area contributed by atoms with Crippen LogP contribution in [0.4, 0.5) is 4.79 Å². The van der Waals surface area contributed by atoms with Crippen molar-refractivity contribution >= 4 is 12.1 Å². The number of carbonyl (C=O) groups is 2. The van der Waals surface area contributed by atoms with Crippen molar-refractivity contribution in [3.05, 3.63) is 0 Å². The highest BCUT2D eigenvalue weighted by Gasteiger charge is 2.24. The van der Waals surface area contributed by atoms with Crippen LogP contribution in [0.5, 0.6) is 0 Å². The van der Waals surface area contributed by atoms with Crippen LogP contribution in [0.1, 0.15) is 12.8 Å². The molecule has 1 amide bonds. The lowest BCUT2D eigenvalue weighted by atomic mass is 10.2. The fraction of sp³-hybridized carbons (Fsp3) is 0.667. The molecule has 0 aromatic heterocycles. The van der Waals surface area contributed by atoms with Crippen LogP contribution in [0.25, 0.3) is 0 Å². The fourth-order valence-corrected chi connectivity index (χ4v) is 1.05. The zero-order valence-corrected chi connectivity index (χ0v) is 5.92. The minimum Gasteiger partial charge on any atom is -0.375 e. The van der Waals surface area contributed by atoms with Gasteiger partial charge in [0.1, 0.15) is 6.04 Å². The Kier molecular flexibility index (Phi) is 2.00. The highest BCUT2D eigenvalue weighted by atomic mass is 16.6. The third kappa shape index (κ3) is 2.19. The van der Waals surface area contributed by atoms with Crippen molar-refractivity contribution in [2.24, 2.45) is 5.73 Å². The van der Waals surface area contributed by atoms with Crippen molar-refractivity contribution in [1.82, 2.24) is 5.32 Å². The van der Waals surface area contributed by atoms with Gasteiger partial charge < -0.3 is 15.8 Å². The van der Waals surface area contributed by atoms with Crippen molar-refractivity contribution in [3.63, 3.8) is 0 Å². The predicted molar refractivity (Wildman–Crippen MR) is 36.7 cm³/mol. The molecule has 0 spiro atoms. The monoisotopic (exact) mass is 159 g/mol. The van der Waals surface area contributed by atoms with E-state index >= 15 is 0 Å². The molecule has 1 saturated heterocycles. The van der Waals surface area contributed by atoms with E-state index < -0.39 is 12.1 Å². The molecule has 5 heteroatoms. The normalized spacial score (nSPS) is 24.0. The molecule has 62 valence electrons. The van der Waals surface area contributed by atoms with Crippen LogP contribution in [0.2, 0.25) is 1.41 Å². The lowest BCUT2D eigenvalue weighted by Crippen LogP contribution is -2.35. The lowest BCUT2D eigenvalue weighted by Gasteiger charge is -2.05. The molecule has 1 aliphatic heterocycles. The number of carbonyl (C=O) groups excluding carboxylic acids is 2. The Morgan fingerprint density at radius 3 is 3.09 bits per heavy atom. The van der Waals surface area contributed by atoms with Crippen LogP contribution in [-0.4, -0.2) is 24.6 Å². The summed E-state index contributed by atoms with van der Waals surface area (Å²) in [7, 11) is 0. The Hall–Kier alpha value is -1.10. The van der Waals surface area contributed by atoms with Gasteiger partial charge in [-0.05, 0) is 19.4 Å². The van der Waals surface area contributed by atoms with E-state index in [2.05, 4.69) is 10.1 Å². The molecule has 0 saturated carbocycles. The average Bonchev–Trinajstić information content (AvgIpc) is 2.56. The number of ether oxygens (including phenoxy) is 1. The van der Waals surface area contributed by atoms with E-state index in [0.29, 0.717) is 6.42 Å². The van der Waals surface area contributed by atoms with Gasteiger partial charge in [0, 0.05) is 0 Å². The highest BCUT2D eigenvalue weighted by Crippen LogP contribution is 2.05. The van der Waals surface area contributed by atoms with Crippen LogP contribution in [0.15, 0.2) is 0 Å². The van der Waals surface area contributed by atoms with E-state index in [0.717, 1.165) is 13.0 Å². The summed E-state index contributed by atoms with van der Waals surface area (Å²) in [5.41, 5.74) is 1.46. The first-order valence-corrected chi connectivity index (χ1v) is 3.41. The van der Waals surface area contributed by atoms with Gasteiger partial charge in [-0.3, -0.25) is 0 Å². The molecule has 1 fully saturated rings. The third-order valence-electron chi connectivity index (χ3n) is 1.54. The quantitative estimate of drug-likeness (QED) is 0.394. The zero-order chi connectivity index (χ0) is 8.97. The zero-order valence-electron chi connectivity index (χ0n) is 6.92. The molecule has 1 atom stereocenters. The number of nitrogens with one attached hydrogen (secondary N) is 1. The molecule has 0 bridgehead atoms. The Morgan fingerprint density at radius 2 is 2.55 bits per heavy atom. The van der Waals surface area contributed by atoms with Gasteiger partial charge in [0.05, 0.1) is 0 Å². The molecule has 5 nitrogen and oxygen atoms in total. The second kappa shape index (κ2) is 3.34. The first-order chi connectivity index (χ1) is 5.74. The summed E-state index contributed by atoms with van der Waals surface area (Å²) in [6.45, 7) is 0.766. The van der Waals surface area contributed by atoms with Crippen molar-refractivity contribution in [2.45, 2.75) is 18.9 Å². The van der Waals surface area contributed by atoms with Crippen LogP contribution < -0.4 is 11.0 Å². The summed E-state index contributed by atoms with van der Waals surface area (Å²) in [6.07, 6.45) is 0.556. The molecule has 0 aliphatic carbocycles. The van der Waals surface area contributed by atoms with Gasteiger partial charge in [0.15, 0.2) is 1.41 Å². The summed E-state index contributed by atoms with van der Waals surface area (Å²) in [5, 5.41) is 2.87. The Bertz CT molecular complexity index is 191. The fourth-order valence-electron chi connectivity index (χ4n) is 1.05. The summed E-state index contributed by atoms with van der Waals surface area (Å²) >= 11 is 0. The molecular weight excluding hydrogens is 148 g/mol. The van der Waals surface area contributed by atoms with Gasteiger partial charge in [0.25, 0.3) is 0 Å². The summed E-state index contributed by atoms with van der Waals surface area (Å²) in [6, 6.07) is -0.387. The molecule has 1 aliphatic rings. The van der Waals surface area contributed by atoms with Crippen molar-refractivity contribution < 1.29 is 15.7 Å². The molecule has 11 heavy (non-hydrogen) atoms. The van der Waals surface area contributed by atoms with E-state index in [1.165, 1.54) is 5.73 Å². The van der Waals surface area contributed by atoms with Gasteiger partial charge in [0.2, 0.25) is 0 Å². The molecule has 0 radical (unpaired) electrons. The number of esters is 1. The van der Waals surface area contributed by atoms with Crippen LogP contribution in [-0.2, 0) is 9.53 Å². The first-order valence-electron chi connectivity index (χ1n) is 3.91. The van der Waals surface area contributed by atoms with E-state index in [1.54, 1.807) is 0 Å². The van der Waals surface area contributed by atoms with Gasteiger partial charge in [-0.25, -0.2) is 9.59 Å². The number of rotatable bonds is 1. The second-order valence-corrected chi connectivity index (χ2v) is 2.36. The Morgan fingerprint density at radius 1 is 1.73 bits per heavy atom. The van der Waals surface area contributed by atoms with E-state index in [9.17, 15) is 9.59 Å². The van der Waals surface area contributed by atoms with Crippen LogP contribution >= 0.6 is 0 Å². The summed E-state index contributed by atoms with van der Waals surface area (Å²) in [4.78, 5) is 21.4. The topological polar surface area (TPSA) is 81.4 Å². The molecule has 0 aromatic rings. The number of hydrogen-bond donors (Lipinski definition) is 2. The molecular formula is C6H10N2O3. The maximum Gasteiger partial charge on any atom is 0.412 e.